The summed E-state index contributed by atoms with van der Waals surface area (Å²) in [7, 11) is -2.13. The lowest BCUT2D eigenvalue weighted by Gasteiger charge is -2.32. The monoisotopic (exact) mass is 319 g/mol. The fourth-order valence-electron chi connectivity index (χ4n) is 2.44. The molecule has 1 aromatic carbocycles. The minimum absolute atomic E-state index is 0.0781. The van der Waals surface area contributed by atoms with Gasteiger partial charge in [-0.2, -0.15) is 0 Å². The molecular formula is C13H19F2N3O2S. The summed E-state index contributed by atoms with van der Waals surface area (Å²) >= 11 is 0. The van der Waals surface area contributed by atoms with E-state index in [4.69, 9.17) is 5.73 Å². The zero-order valence-corrected chi connectivity index (χ0v) is 12.6. The number of sulfonamides is 1. The van der Waals surface area contributed by atoms with Gasteiger partial charge in [-0.1, -0.05) is 6.42 Å². The van der Waals surface area contributed by atoms with Crippen LogP contribution in [0, 0.1) is 11.6 Å². The molecule has 21 heavy (non-hydrogen) atoms. The van der Waals surface area contributed by atoms with Crippen LogP contribution in [0.5, 0.6) is 0 Å². The van der Waals surface area contributed by atoms with Crippen LogP contribution in [0.2, 0.25) is 0 Å². The minimum Gasteiger partial charge on any atom is -0.394 e. The third-order valence-corrected chi connectivity index (χ3v) is 5.25. The zero-order valence-electron chi connectivity index (χ0n) is 11.8. The average Bonchev–Trinajstić information content (AvgIpc) is 2.44. The van der Waals surface area contributed by atoms with Crippen molar-refractivity contribution in [2.75, 3.05) is 25.9 Å². The van der Waals surface area contributed by atoms with E-state index >= 15 is 0 Å². The van der Waals surface area contributed by atoms with Crippen LogP contribution >= 0.6 is 0 Å². The summed E-state index contributed by atoms with van der Waals surface area (Å²) < 4.78 is 53.5. The number of rotatable bonds is 4. The summed E-state index contributed by atoms with van der Waals surface area (Å²) in [5.41, 5.74) is 4.41. The number of nitrogen functional groups attached to an aromatic ring is 1. The molecule has 0 amide bonds. The number of halogens is 2. The molecule has 118 valence electrons. The van der Waals surface area contributed by atoms with Crippen molar-refractivity contribution >= 4 is 15.7 Å². The van der Waals surface area contributed by atoms with E-state index < -0.39 is 32.2 Å². The fourth-order valence-corrected chi connectivity index (χ4v) is 3.60. The summed E-state index contributed by atoms with van der Waals surface area (Å²) in [6.45, 7) is 1.10. The summed E-state index contributed by atoms with van der Waals surface area (Å²) in [5, 5.41) is 0. The lowest BCUT2D eigenvalue weighted by Crippen LogP contribution is -2.44. The number of piperidine rings is 1. The van der Waals surface area contributed by atoms with Gasteiger partial charge in [0.05, 0.1) is 0 Å². The van der Waals surface area contributed by atoms with Crippen molar-refractivity contribution in [2.24, 2.45) is 0 Å². The number of hydrogen-bond acceptors (Lipinski definition) is 4. The van der Waals surface area contributed by atoms with Crippen LogP contribution in [-0.2, 0) is 10.0 Å². The molecule has 3 N–H and O–H groups in total. The molecule has 8 heteroatoms. The van der Waals surface area contributed by atoms with E-state index in [1.807, 2.05) is 7.05 Å². The van der Waals surface area contributed by atoms with E-state index in [2.05, 4.69) is 9.62 Å². The lowest BCUT2D eigenvalue weighted by atomic mass is 10.0. The van der Waals surface area contributed by atoms with Crippen molar-refractivity contribution in [1.82, 2.24) is 9.62 Å². The van der Waals surface area contributed by atoms with Gasteiger partial charge in [-0.3, -0.25) is 0 Å². The second-order valence-corrected chi connectivity index (χ2v) is 6.99. The van der Waals surface area contributed by atoms with Crippen LogP contribution in [0.25, 0.3) is 0 Å². The summed E-state index contributed by atoms with van der Waals surface area (Å²) in [4.78, 5) is 1.45. The number of nitrogens with zero attached hydrogens (tertiary/aromatic N) is 1. The quantitative estimate of drug-likeness (QED) is 0.821. The molecule has 0 saturated carbocycles. The molecular weight excluding hydrogens is 300 g/mol. The first-order chi connectivity index (χ1) is 9.83. The van der Waals surface area contributed by atoms with E-state index in [0.717, 1.165) is 37.9 Å². The predicted octanol–water partition coefficient (Wildman–Crippen LogP) is 1.31. The first-order valence-corrected chi connectivity index (χ1v) is 8.24. The number of anilines is 1. The molecule has 1 unspecified atom stereocenters. The second-order valence-electron chi connectivity index (χ2n) is 5.26. The number of nitrogens with two attached hydrogens (primary N) is 1. The Balaban J connectivity index is 2.13. The van der Waals surface area contributed by atoms with Gasteiger partial charge >= 0.3 is 0 Å². The van der Waals surface area contributed by atoms with Gasteiger partial charge in [-0.25, -0.2) is 21.9 Å². The topological polar surface area (TPSA) is 75.4 Å². The molecule has 5 nitrogen and oxygen atoms in total. The standard InChI is InChI=1S/C13H19F2N3O2S/c1-18-7-3-2-4-9(18)8-17-21(19,20)11-6-5-10(14)13(16)12(11)15/h5-6,9,17H,2-4,7-8,16H2,1H3. The highest BCUT2D eigenvalue weighted by Gasteiger charge is 2.25. The average molecular weight is 319 g/mol. The summed E-state index contributed by atoms with van der Waals surface area (Å²) in [6, 6.07) is 1.81. The molecule has 0 radical (unpaired) electrons. The Hall–Kier alpha value is -1.25. The fraction of sp³-hybridized carbons (Fsp3) is 0.538. The van der Waals surface area contributed by atoms with Crippen molar-refractivity contribution in [3.8, 4) is 0 Å². The SMILES string of the molecule is CN1CCCCC1CNS(=O)(=O)c1ccc(F)c(N)c1F. The first kappa shape index (κ1) is 16.1. The molecule has 2 rings (SSSR count). The van der Waals surface area contributed by atoms with Crippen molar-refractivity contribution < 1.29 is 17.2 Å². The van der Waals surface area contributed by atoms with Crippen molar-refractivity contribution in [3.63, 3.8) is 0 Å². The third kappa shape index (κ3) is 3.50. The maximum atomic E-state index is 13.8. The van der Waals surface area contributed by atoms with Crippen molar-refractivity contribution in [2.45, 2.75) is 30.2 Å². The van der Waals surface area contributed by atoms with E-state index in [1.54, 1.807) is 0 Å². The number of likely N-dealkylation sites (N-methyl/N-ethyl adjacent to an activating group) is 1. The molecule has 1 saturated heterocycles. The maximum Gasteiger partial charge on any atom is 0.243 e. The Kier molecular flexibility index (Phi) is 4.80. The second kappa shape index (κ2) is 6.25. The van der Waals surface area contributed by atoms with Gasteiger partial charge in [0.15, 0.2) is 5.82 Å². The van der Waals surface area contributed by atoms with Gasteiger partial charge in [-0.05, 0) is 38.6 Å². The molecule has 0 aromatic heterocycles. The van der Waals surface area contributed by atoms with Gasteiger partial charge in [0.25, 0.3) is 0 Å². The van der Waals surface area contributed by atoms with Crippen LogP contribution in [0.1, 0.15) is 19.3 Å². The molecule has 1 aliphatic rings. The molecule has 0 bridgehead atoms. The highest BCUT2D eigenvalue weighted by atomic mass is 32.2. The Morgan fingerprint density at radius 1 is 1.38 bits per heavy atom. The third-order valence-electron chi connectivity index (χ3n) is 3.81. The van der Waals surface area contributed by atoms with Gasteiger partial charge < -0.3 is 10.6 Å². The van der Waals surface area contributed by atoms with Crippen LogP contribution in [0.3, 0.4) is 0 Å². The Bertz CT molecular complexity index is 622. The maximum absolute atomic E-state index is 13.8. The Morgan fingerprint density at radius 3 is 2.76 bits per heavy atom. The van der Waals surface area contributed by atoms with Crippen molar-refractivity contribution in [1.29, 1.82) is 0 Å². The minimum atomic E-state index is -4.05. The van der Waals surface area contributed by atoms with Gasteiger partial charge in [-0.15, -0.1) is 0 Å². The number of likely N-dealkylation sites (tertiary alicyclic amines) is 1. The molecule has 1 aliphatic heterocycles. The molecule has 0 aliphatic carbocycles. The summed E-state index contributed by atoms with van der Waals surface area (Å²) in [6.07, 6.45) is 3.00. The van der Waals surface area contributed by atoms with Crippen LogP contribution in [0.4, 0.5) is 14.5 Å². The predicted molar refractivity (Wildman–Crippen MR) is 76.2 cm³/mol. The zero-order chi connectivity index (χ0) is 15.6. The highest BCUT2D eigenvalue weighted by Crippen LogP contribution is 2.23. The molecule has 0 spiro atoms. The van der Waals surface area contributed by atoms with Gasteiger partial charge in [0, 0.05) is 12.6 Å². The lowest BCUT2D eigenvalue weighted by molar-refractivity contribution is 0.187. The molecule has 1 heterocycles. The number of nitrogens with one attached hydrogen (secondary N) is 1. The van der Waals surface area contributed by atoms with Gasteiger partial charge in [0.1, 0.15) is 16.4 Å². The molecule has 1 aromatic rings. The number of benzene rings is 1. The Morgan fingerprint density at radius 2 is 2.10 bits per heavy atom. The van der Waals surface area contributed by atoms with E-state index in [0.29, 0.717) is 0 Å². The van der Waals surface area contributed by atoms with Crippen molar-refractivity contribution in [3.05, 3.63) is 23.8 Å². The highest BCUT2D eigenvalue weighted by molar-refractivity contribution is 7.89. The van der Waals surface area contributed by atoms with Gasteiger partial charge in [0.2, 0.25) is 10.0 Å². The van der Waals surface area contributed by atoms with Crippen LogP contribution in [-0.4, -0.2) is 39.5 Å². The van der Waals surface area contributed by atoms with Crippen LogP contribution < -0.4 is 10.5 Å². The largest absolute Gasteiger partial charge is 0.394 e. The number of hydrogen-bond donors (Lipinski definition) is 2. The van der Waals surface area contributed by atoms with E-state index in [1.165, 1.54) is 0 Å². The van der Waals surface area contributed by atoms with Crippen LogP contribution in [0.15, 0.2) is 17.0 Å². The smallest absolute Gasteiger partial charge is 0.243 e. The Labute approximate surface area is 123 Å². The van der Waals surface area contributed by atoms with E-state index in [9.17, 15) is 17.2 Å². The molecule has 1 atom stereocenters. The first-order valence-electron chi connectivity index (χ1n) is 6.76. The normalized spacial score (nSPS) is 20.6. The summed E-state index contributed by atoms with van der Waals surface area (Å²) in [5.74, 6) is -2.22. The molecule has 1 fully saturated rings. The van der Waals surface area contributed by atoms with E-state index in [-0.39, 0.29) is 12.6 Å².